The number of carbonyl (C=O) groups excluding carboxylic acids is 1. The van der Waals surface area contributed by atoms with Gasteiger partial charge in [-0.3, -0.25) is 4.79 Å². The van der Waals surface area contributed by atoms with Gasteiger partial charge in [-0.25, -0.2) is 8.42 Å². The van der Waals surface area contributed by atoms with E-state index >= 15 is 0 Å². The van der Waals surface area contributed by atoms with Crippen LogP contribution in [0.4, 0.5) is 0 Å². The second-order valence-electron chi connectivity index (χ2n) is 3.12. The normalized spacial score (nSPS) is 14.7. The number of halogens is 1. The molecule has 0 aromatic carbocycles. The summed E-state index contributed by atoms with van der Waals surface area (Å²) >= 11 is 5.52. The first-order chi connectivity index (χ1) is 6.77. The van der Waals surface area contributed by atoms with E-state index in [1.165, 1.54) is 13.2 Å². The molecule has 4 nitrogen and oxygen atoms in total. The summed E-state index contributed by atoms with van der Waals surface area (Å²) in [7, 11) is -2.08. The van der Waals surface area contributed by atoms with Crippen LogP contribution in [-0.2, 0) is 19.4 Å². The molecule has 1 unspecified atom stereocenters. The summed E-state index contributed by atoms with van der Waals surface area (Å²) in [5, 5.41) is 0. The van der Waals surface area contributed by atoms with Crippen molar-refractivity contribution in [3.63, 3.8) is 0 Å². The third-order valence-electron chi connectivity index (χ3n) is 1.67. The molecule has 0 aromatic rings. The minimum Gasteiger partial charge on any atom is -0.469 e. The summed E-state index contributed by atoms with van der Waals surface area (Å²) in [6.45, 7) is 3.66. The van der Waals surface area contributed by atoms with Gasteiger partial charge in [-0.2, -0.15) is 0 Å². The lowest BCUT2D eigenvalue weighted by atomic mass is 10.1. The quantitative estimate of drug-likeness (QED) is 0.551. The van der Waals surface area contributed by atoms with Gasteiger partial charge in [0.1, 0.15) is 10.3 Å². The van der Waals surface area contributed by atoms with E-state index in [9.17, 15) is 13.2 Å². The largest absolute Gasteiger partial charge is 0.469 e. The Kier molecular flexibility index (Phi) is 5.75. The van der Waals surface area contributed by atoms with E-state index in [2.05, 4.69) is 11.7 Å². The summed E-state index contributed by atoms with van der Waals surface area (Å²) in [6, 6.07) is 0. The Labute approximate surface area is 95.2 Å². The standard InChI is InChI=1S/C9H14ClO4S/c1-7(4-5-9(11)14-2)6-8(10)15(3,12)13/h6-7H,1,4-5H2,2-3H3/q+1/b8-6+. The van der Waals surface area contributed by atoms with Crippen LogP contribution in [0.2, 0.25) is 0 Å². The predicted molar refractivity (Wildman–Crippen MR) is 58.9 cm³/mol. The maximum atomic E-state index is 10.9. The highest BCUT2D eigenvalue weighted by Gasteiger charge is 2.14. The van der Waals surface area contributed by atoms with Crippen molar-refractivity contribution >= 4 is 27.4 Å². The van der Waals surface area contributed by atoms with E-state index in [-0.39, 0.29) is 22.7 Å². The maximum absolute atomic E-state index is 10.9. The second kappa shape index (κ2) is 6.02. The van der Waals surface area contributed by atoms with Gasteiger partial charge in [-0.15, -0.1) is 0 Å². The van der Waals surface area contributed by atoms with E-state index in [0.29, 0.717) is 6.42 Å². The molecule has 1 atom stereocenters. The van der Waals surface area contributed by atoms with Gasteiger partial charge in [0.25, 0.3) is 0 Å². The Balaban J connectivity index is 4.26. The fourth-order valence-corrected chi connectivity index (χ4v) is 1.42. The van der Waals surface area contributed by atoms with Crippen LogP contribution in [0.25, 0.3) is 0 Å². The zero-order chi connectivity index (χ0) is 12.1. The van der Waals surface area contributed by atoms with E-state index in [4.69, 9.17) is 11.6 Å². The molecule has 0 saturated carbocycles. The lowest BCUT2D eigenvalue weighted by Gasteiger charge is -2.00. The minimum atomic E-state index is -3.37. The lowest BCUT2D eigenvalue weighted by molar-refractivity contribution is -0.140. The van der Waals surface area contributed by atoms with E-state index in [1.54, 1.807) is 0 Å². The van der Waals surface area contributed by atoms with Gasteiger partial charge < -0.3 is 4.74 Å². The SMILES string of the molecule is [CH2+]C(/C=C(\Cl)S(C)(=O)=O)CCC(=O)OC. The molecule has 0 aliphatic rings. The number of rotatable bonds is 5. The highest BCUT2D eigenvalue weighted by Crippen LogP contribution is 2.16. The molecule has 0 aromatic heterocycles. The Morgan fingerprint density at radius 2 is 2.13 bits per heavy atom. The third-order valence-corrected chi connectivity index (χ3v) is 3.48. The number of esters is 1. The van der Waals surface area contributed by atoms with Gasteiger partial charge in [0.2, 0.25) is 0 Å². The van der Waals surface area contributed by atoms with Crippen molar-refractivity contribution < 1.29 is 17.9 Å². The highest BCUT2D eigenvalue weighted by atomic mass is 35.5. The topological polar surface area (TPSA) is 60.4 Å². The number of allylic oxidation sites excluding steroid dienone is 1. The fourth-order valence-electron chi connectivity index (χ4n) is 0.798. The van der Waals surface area contributed by atoms with Crippen LogP contribution in [-0.4, -0.2) is 27.8 Å². The first-order valence-electron chi connectivity index (χ1n) is 4.24. The summed E-state index contributed by atoms with van der Waals surface area (Å²) in [4.78, 5) is 10.8. The number of sulfone groups is 1. The van der Waals surface area contributed by atoms with Crippen molar-refractivity contribution in [2.45, 2.75) is 12.8 Å². The van der Waals surface area contributed by atoms with Crippen LogP contribution in [0.3, 0.4) is 0 Å². The number of hydrogen-bond acceptors (Lipinski definition) is 4. The molecule has 0 heterocycles. The molecule has 0 bridgehead atoms. The zero-order valence-corrected chi connectivity index (χ0v) is 10.3. The molecule has 0 saturated heterocycles. The van der Waals surface area contributed by atoms with Crippen LogP contribution >= 0.6 is 11.6 Å². The Morgan fingerprint density at radius 1 is 1.60 bits per heavy atom. The molecule has 0 fully saturated rings. The summed E-state index contributed by atoms with van der Waals surface area (Å²) in [5.74, 6) is -0.682. The highest BCUT2D eigenvalue weighted by molar-refractivity contribution is 7.96. The van der Waals surface area contributed by atoms with Crippen molar-refractivity contribution in [1.82, 2.24) is 0 Å². The van der Waals surface area contributed by atoms with Crippen molar-refractivity contribution in [3.05, 3.63) is 17.4 Å². The lowest BCUT2D eigenvalue weighted by Crippen LogP contribution is -2.04. The molecule has 0 N–H and O–H groups in total. The van der Waals surface area contributed by atoms with Crippen LogP contribution in [0.15, 0.2) is 10.4 Å². The molecular weight excluding hydrogens is 240 g/mol. The molecule has 0 aliphatic carbocycles. The average molecular weight is 254 g/mol. The monoisotopic (exact) mass is 253 g/mol. The van der Waals surface area contributed by atoms with Crippen LogP contribution in [0.1, 0.15) is 12.8 Å². The predicted octanol–water partition coefficient (Wildman–Crippen LogP) is 1.51. The van der Waals surface area contributed by atoms with Crippen LogP contribution < -0.4 is 0 Å². The number of hydrogen-bond donors (Lipinski definition) is 0. The molecule has 0 spiro atoms. The summed E-state index contributed by atoms with van der Waals surface area (Å²) in [6.07, 6.45) is 2.92. The van der Waals surface area contributed by atoms with Crippen molar-refractivity contribution in [2.75, 3.05) is 13.4 Å². The molecule has 0 aliphatic heterocycles. The smallest absolute Gasteiger partial charge is 0.305 e. The molecule has 0 rings (SSSR count). The number of ether oxygens (including phenoxy) is 1. The molecule has 0 radical (unpaired) electrons. The summed E-state index contributed by atoms with van der Waals surface area (Å²) < 4.78 is 26.1. The van der Waals surface area contributed by atoms with Gasteiger partial charge in [0.05, 0.1) is 20.5 Å². The van der Waals surface area contributed by atoms with Crippen LogP contribution in [0, 0.1) is 12.8 Å². The zero-order valence-electron chi connectivity index (χ0n) is 8.70. The second-order valence-corrected chi connectivity index (χ2v) is 5.73. The van der Waals surface area contributed by atoms with E-state index in [1.807, 2.05) is 0 Å². The Hall–Kier alpha value is -0.680. The molecule has 15 heavy (non-hydrogen) atoms. The van der Waals surface area contributed by atoms with Gasteiger partial charge in [-0.1, -0.05) is 11.6 Å². The van der Waals surface area contributed by atoms with Gasteiger partial charge in [0.15, 0.2) is 9.84 Å². The first-order valence-corrected chi connectivity index (χ1v) is 6.51. The first kappa shape index (κ1) is 14.3. The van der Waals surface area contributed by atoms with Gasteiger partial charge in [0, 0.05) is 12.7 Å². The van der Waals surface area contributed by atoms with Crippen molar-refractivity contribution in [1.29, 1.82) is 0 Å². The molecule has 6 heteroatoms. The summed E-state index contributed by atoms with van der Waals surface area (Å²) in [5.41, 5.74) is 0. The van der Waals surface area contributed by atoms with Gasteiger partial charge >= 0.3 is 5.97 Å². The van der Waals surface area contributed by atoms with E-state index < -0.39 is 9.84 Å². The minimum absolute atomic E-state index is 0.190. The fraction of sp³-hybridized carbons (Fsp3) is 0.556. The molecule has 0 amide bonds. The molecular formula is C9H14ClO4S+. The maximum Gasteiger partial charge on any atom is 0.305 e. The van der Waals surface area contributed by atoms with Crippen molar-refractivity contribution in [3.8, 4) is 0 Å². The average Bonchev–Trinajstić information content (AvgIpc) is 2.12. The van der Waals surface area contributed by atoms with Crippen molar-refractivity contribution in [2.24, 2.45) is 5.92 Å². The number of methoxy groups -OCH3 is 1. The van der Waals surface area contributed by atoms with E-state index in [0.717, 1.165) is 6.26 Å². The van der Waals surface area contributed by atoms with Crippen LogP contribution in [0.5, 0.6) is 0 Å². The Morgan fingerprint density at radius 3 is 2.53 bits per heavy atom. The van der Waals surface area contributed by atoms with Gasteiger partial charge in [-0.05, 0) is 6.08 Å². The molecule has 86 valence electrons. The third kappa shape index (κ3) is 6.41. The Bertz CT molecular complexity index is 345. The number of carbonyl (C=O) groups is 1.